The van der Waals surface area contributed by atoms with E-state index in [1.807, 2.05) is 14.1 Å². The van der Waals surface area contributed by atoms with Gasteiger partial charge in [0.15, 0.2) is 6.21 Å². The average Bonchev–Trinajstić information content (AvgIpc) is 1.82. The van der Waals surface area contributed by atoms with Gasteiger partial charge in [0.25, 0.3) is 0 Å². The van der Waals surface area contributed by atoms with Crippen molar-refractivity contribution in [2.24, 2.45) is 0 Å². The second-order valence-corrected chi connectivity index (χ2v) is 2.83. The molecule has 10 heavy (non-hydrogen) atoms. The zero-order chi connectivity index (χ0) is 7.98. The number of allylic oxidation sites excluding steroid dienone is 2. The van der Waals surface area contributed by atoms with Gasteiger partial charge in [-0.3, -0.25) is 0 Å². The van der Waals surface area contributed by atoms with Gasteiger partial charge in [-0.2, -0.15) is 0 Å². The minimum atomic E-state index is 1.19. The Kier molecular flexibility index (Phi) is 4.91. The van der Waals surface area contributed by atoms with Crippen molar-refractivity contribution in [3.63, 3.8) is 0 Å². The first-order chi connectivity index (χ1) is 4.66. The molecule has 1 nitrogen and oxygen atoms in total. The highest BCUT2D eigenvalue weighted by Gasteiger charge is 1.86. The first kappa shape index (κ1) is 9.41. The molecule has 0 spiro atoms. The second-order valence-electron chi connectivity index (χ2n) is 2.83. The summed E-state index contributed by atoms with van der Waals surface area (Å²) in [6.45, 7) is 4.33. The Morgan fingerprint density at radius 3 is 2.40 bits per heavy atom. The van der Waals surface area contributed by atoms with Crippen LogP contribution in [0.3, 0.4) is 0 Å². The molecule has 0 amide bonds. The highest BCUT2D eigenvalue weighted by atomic mass is 14.9. The monoisotopic (exact) mass is 140 g/mol. The predicted octanol–water partition coefficient (Wildman–Crippen LogP) is 2.08. The Balaban J connectivity index is 3.82. The zero-order valence-corrected chi connectivity index (χ0v) is 7.52. The van der Waals surface area contributed by atoms with Crippen LogP contribution in [0.2, 0.25) is 0 Å². The van der Waals surface area contributed by atoms with E-state index in [2.05, 4.69) is 30.7 Å². The Hall–Kier alpha value is -0.590. The van der Waals surface area contributed by atoms with Gasteiger partial charge in [0.1, 0.15) is 14.1 Å². The third-order valence-corrected chi connectivity index (χ3v) is 1.22. The Labute approximate surface area is 64.1 Å². The highest BCUT2D eigenvalue weighted by molar-refractivity contribution is 5.73. The lowest BCUT2D eigenvalue weighted by molar-refractivity contribution is -0.459. The molecule has 0 aliphatic rings. The summed E-state index contributed by atoms with van der Waals surface area (Å²) in [5.41, 5.74) is 1.35. The van der Waals surface area contributed by atoms with Gasteiger partial charge in [0.05, 0.1) is 0 Å². The molecule has 0 aromatic carbocycles. The molecule has 0 saturated carbocycles. The van der Waals surface area contributed by atoms with Gasteiger partial charge in [-0.05, 0) is 13.3 Å². The molecule has 0 bridgehead atoms. The maximum atomic E-state index is 2.26. The molecule has 0 rings (SSSR count). The van der Waals surface area contributed by atoms with Crippen LogP contribution in [0.5, 0.6) is 0 Å². The number of unbranched alkanes of at least 4 members (excludes halogenated alkanes) is 1. The summed E-state index contributed by atoms with van der Waals surface area (Å²) in [7, 11) is 4.09. The van der Waals surface area contributed by atoms with Crippen LogP contribution < -0.4 is 0 Å². The molecular weight excluding hydrogens is 122 g/mol. The van der Waals surface area contributed by atoms with E-state index in [-0.39, 0.29) is 0 Å². The van der Waals surface area contributed by atoms with Gasteiger partial charge in [0, 0.05) is 5.57 Å². The Bertz CT molecular complexity index is 139. The summed E-state index contributed by atoms with van der Waals surface area (Å²) in [4.78, 5) is 0. The molecule has 58 valence electrons. The molecule has 0 aliphatic heterocycles. The van der Waals surface area contributed by atoms with Crippen LogP contribution in [-0.2, 0) is 0 Å². The zero-order valence-electron chi connectivity index (χ0n) is 7.52. The van der Waals surface area contributed by atoms with E-state index in [4.69, 9.17) is 0 Å². The summed E-state index contributed by atoms with van der Waals surface area (Å²) >= 11 is 0. The van der Waals surface area contributed by atoms with Gasteiger partial charge in [-0.25, -0.2) is 4.58 Å². The molecule has 0 aromatic rings. The van der Waals surface area contributed by atoms with Gasteiger partial charge >= 0.3 is 0 Å². The molecule has 0 N–H and O–H groups in total. The van der Waals surface area contributed by atoms with Crippen molar-refractivity contribution in [1.29, 1.82) is 0 Å². The third kappa shape index (κ3) is 5.54. The molecule has 0 aromatic heterocycles. The number of rotatable bonds is 3. The molecule has 0 atom stereocenters. The van der Waals surface area contributed by atoms with Crippen molar-refractivity contribution in [2.75, 3.05) is 14.1 Å². The number of nitrogens with zero attached hydrogens (tertiary/aromatic N) is 1. The fourth-order valence-corrected chi connectivity index (χ4v) is 0.832. The molecule has 0 unspecified atom stereocenters. The quantitative estimate of drug-likeness (QED) is 0.417. The standard InChI is InChI=1S/C9H18N/c1-5-6-7-9(2)8-10(3)4/h7-8H,5-6H2,1-4H3/q+1/b9-7+. The van der Waals surface area contributed by atoms with Gasteiger partial charge in [0.2, 0.25) is 0 Å². The van der Waals surface area contributed by atoms with E-state index in [0.29, 0.717) is 0 Å². The van der Waals surface area contributed by atoms with Gasteiger partial charge in [-0.1, -0.05) is 19.4 Å². The van der Waals surface area contributed by atoms with Gasteiger partial charge < -0.3 is 0 Å². The summed E-state index contributed by atoms with van der Waals surface area (Å²) < 4.78 is 2.07. The van der Waals surface area contributed by atoms with Crippen LogP contribution in [0.1, 0.15) is 26.7 Å². The molecule has 0 heterocycles. The summed E-state index contributed by atoms with van der Waals surface area (Å²) in [5, 5.41) is 0. The number of hydrogen-bond acceptors (Lipinski definition) is 0. The minimum Gasteiger partial charge on any atom is -0.241 e. The normalized spacial score (nSPS) is 11.4. The Morgan fingerprint density at radius 1 is 1.40 bits per heavy atom. The van der Waals surface area contributed by atoms with Crippen LogP contribution >= 0.6 is 0 Å². The summed E-state index contributed by atoms with van der Waals surface area (Å²) in [6, 6.07) is 0. The molecule has 1 heteroatoms. The third-order valence-electron chi connectivity index (χ3n) is 1.22. The molecule has 0 fully saturated rings. The molecule has 0 saturated heterocycles. The number of hydrogen-bond donors (Lipinski definition) is 0. The van der Waals surface area contributed by atoms with Crippen LogP contribution in [-0.4, -0.2) is 24.9 Å². The van der Waals surface area contributed by atoms with Crippen molar-refractivity contribution in [3.8, 4) is 0 Å². The van der Waals surface area contributed by atoms with Crippen molar-refractivity contribution < 1.29 is 4.58 Å². The fourth-order valence-electron chi connectivity index (χ4n) is 0.832. The largest absolute Gasteiger partial charge is 0.241 e. The SMILES string of the molecule is CCC/C=C(\C)C=[N+](C)C. The van der Waals surface area contributed by atoms with Crippen LogP contribution in [0.25, 0.3) is 0 Å². The van der Waals surface area contributed by atoms with Crippen LogP contribution in [0, 0.1) is 0 Å². The maximum Gasteiger partial charge on any atom is 0.165 e. The van der Waals surface area contributed by atoms with E-state index >= 15 is 0 Å². The summed E-state index contributed by atoms with van der Waals surface area (Å²) in [6.07, 6.45) is 6.82. The fraction of sp³-hybridized carbons (Fsp3) is 0.667. The predicted molar refractivity (Wildman–Crippen MR) is 46.8 cm³/mol. The Morgan fingerprint density at radius 2 is 2.00 bits per heavy atom. The van der Waals surface area contributed by atoms with Crippen LogP contribution in [0.4, 0.5) is 0 Å². The van der Waals surface area contributed by atoms with E-state index < -0.39 is 0 Å². The van der Waals surface area contributed by atoms with Crippen LogP contribution in [0.15, 0.2) is 11.6 Å². The van der Waals surface area contributed by atoms with Crippen molar-refractivity contribution in [1.82, 2.24) is 0 Å². The van der Waals surface area contributed by atoms with Crippen molar-refractivity contribution >= 4 is 6.21 Å². The van der Waals surface area contributed by atoms with Gasteiger partial charge in [-0.15, -0.1) is 0 Å². The molecule has 0 radical (unpaired) electrons. The molecular formula is C9H18N+. The van der Waals surface area contributed by atoms with Crippen molar-refractivity contribution in [3.05, 3.63) is 11.6 Å². The highest BCUT2D eigenvalue weighted by Crippen LogP contribution is 1.94. The second kappa shape index (κ2) is 5.21. The lowest BCUT2D eigenvalue weighted by Gasteiger charge is -1.88. The minimum absolute atomic E-state index is 1.19. The van der Waals surface area contributed by atoms with E-state index in [9.17, 15) is 0 Å². The maximum absolute atomic E-state index is 2.26. The lowest BCUT2D eigenvalue weighted by atomic mass is 10.2. The first-order valence-corrected chi connectivity index (χ1v) is 3.85. The molecule has 0 aliphatic carbocycles. The van der Waals surface area contributed by atoms with E-state index in [1.54, 1.807) is 0 Å². The lowest BCUT2D eigenvalue weighted by Crippen LogP contribution is -1.98. The first-order valence-electron chi connectivity index (χ1n) is 3.85. The topological polar surface area (TPSA) is 3.01 Å². The summed E-state index contributed by atoms with van der Waals surface area (Å²) in [5.74, 6) is 0. The average molecular weight is 140 g/mol. The van der Waals surface area contributed by atoms with E-state index in [0.717, 1.165) is 0 Å². The van der Waals surface area contributed by atoms with Crippen molar-refractivity contribution in [2.45, 2.75) is 26.7 Å². The smallest absolute Gasteiger partial charge is 0.165 e. The van der Waals surface area contributed by atoms with E-state index in [1.165, 1.54) is 18.4 Å².